The van der Waals surface area contributed by atoms with Gasteiger partial charge in [0.2, 0.25) is 0 Å². The molecule has 0 fully saturated rings. The molecular formula is C14H12. The number of fused-ring (bicyclic) bond motifs is 2. The average Bonchev–Trinajstić information content (AvgIpc) is 2.63. The lowest BCUT2D eigenvalue weighted by molar-refractivity contribution is 0.476. The Kier molecular flexibility index (Phi) is 1.11. The summed E-state index contributed by atoms with van der Waals surface area (Å²) in [5, 5.41) is 0. The minimum atomic E-state index is 0.672. The maximum Gasteiger partial charge on any atom is 0.00900 e. The van der Waals surface area contributed by atoms with Gasteiger partial charge >= 0.3 is 0 Å². The van der Waals surface area contributed by atoms with Crippen LogP contribution in [0.4, 0.5) is 0 Å². The molecule has 1 aromatic carbocycles. The number of hydrogen-bond acceptors (Lipinski definition) is 0. The molecule has 4 rings (SSSR count). The molecule has 0 radical (unpaired) electrons. The third kappa shape index (κ3) is 0.639. The third-order valence-corrected chi connectivity index (χ3v) is 4.05. The molecular weight excluding hydrogens is 168 g/mol. The fourth-order valence-corrected chi connectivity index (χ4v) is 3.50. The summed E-state index contributed by atoms with van der Waals surface area (Å²) >= 11 is 0. The highest BCUT2D eigenvalue weighted by atomic mass is 14.5. The predicted molar refractivity (Wildman–Crippen MR) is 57.2 cm³/mol. The summed E-state index contributed by atoms with van der Waals surface area (Å²) < 4.78 is 0. The fourth-order valence-electron chi connectivity index (χ4n) is 3.50. The van der Waals surface area contributed by atoms with E-state index < -0.39 is 0 Å². The van der Waals surface area contributed by atoms with Crippen LogP contribution in [0.2, 0.25) is 0 Å². The summed E-state index contributed by atoms with van der Waals surface area (Å²) in [5.74, 6) is 2.88. The molecule has 0 heteroatoms. The largest absolute Gasteiger partial charge is 0.0832 e. The van der Waals surface area contributed by atoms with E-state index in [-0.39, 0.29) is 0 Å². The van der Waals surface area contributed by atoms with Gasteiger partial charge in [0, 0.05) is 17.8 Å². The molecule has 0 aliphatic heterocycles. The van der Waals surface area contributed by atoms with Crippen LogP contribution in [-0.4, -0.2) is 0 Å². The minimum absolute atomic E-state index is 0.672. The van der Waals surface area contributed by atoms with E-state index >= 15 is 0 Å². The van der Waals surface area contributed by atoms with Gasteiger partial charge in [-0.15, -0.1) is 0 Å². The summed E-state index contributed by atoms with van der Waals surface area (Å²) in [6, 6.07) is 8.97. The minimum Gasteiger partial charge on any atom is -0.0832 e. The molecule has 0 amide bonds. The van der Waals surface area contributed by atoms with Crippen LogP contribution in [0.15, 0.2) is 48.6 Å². The van der Waals surface area contributed by atoms with Crippen LogP contribution in [0, 0.1) is 11.8 Å². The Morgan fingerprint density at radius 3 is 2.50 bits per heavy atom. The Labute approximate surface area is 84.0 Å². The monoisotopic (exact) mass is 180 g/mol. The van der Waals surface area contributed by atoms with Gasteiger partial charge in [0.25, 0.3) is 0 Å². The molecule has 0 unspecified atom stereocenters. The highest BCUT2D eigenvalue weighted by molar-refractivity contribution is 5.50. The van der Waals surface area contributed by atoms with Crippen molar-refractivity contribution < 1.29 is 0 Å². The standard InChI is InChI=1S/C14H12/c1-2-4-12-10(3-1)11-7-5-9-6-8-13(11)14(9)12/h1-9,11,13-14H/t9-,11+,13-,14+/m1/s1. The molecule has 0 aromatic heterocycles. The van der Waals surface area contributed by atoms with E-state index in [1.807, 2.05) is 0 Å². The van der Waals surface area contributed by atoms with Crippen LogP contribution in [0.5, 0.6) is 0 Å². The molecule has 4 atom stereocenters. The van der Waals surface area contributed by atoms with Crippen LogP contribution in [0.1, 0.15) is 23.0 Å². The van der Waals surface area contributed by atoms with Crippen molar-refractivity contribution in [3.8, 4) is 0 Å². The van der Waals surface area contributed by atoms with Gasteiger partial charge in [0.1, 0.15) is 0 Å². The first-order valence-corrected chi connectivity index (χ1v) is 5.40. The second-order valence-corrected chi connectivity index (χ2v) is 4.60. The van der Waals surface area contributed by atoms with Crippen LogP contribution in [0.25, 0.3) is 0 Å². The topological polar surface area (TPSA) is 0 Å². The highest BCUT2D eigenvalue weighted by Gasteiger charge is 2.45. The lowest BCUT2D eigenvalue weighted by Gasteiger charge is -2.22. The first-order valence-electron chi connectivity index (χ1n) is 5.40. The second kappa shape index (κ2) is 2.20. The summed E-state index contributed by atoms with van der Waals surface area (Å²) in [6.45, 7) is 0. The summed E-state index contributed by atoms with van der Waals surface area (Å²) in [4.78, 5) is 0. The van der Waals surface area contributed by atoms with Gasteiger partial charge in [-0.2, -0.15) is 0 Å². The van der Waals surface area contributed by atoms with Crippen molar-refractivity contribution in [3.05, 3.63) is 59.7 Å². The summed E-state index contributed by atoms with van der Waals surface area (Å²) in [6.07, 6.45) is 9.63. The molecule has 3 aliphatic carbocycles. The maximum atomic E-state index is 2.43. The van der Waals surface area contributed by atoms with Gasteiger partial charge in [-0.1, -0.05) is 48.6 Å². The summed E-state index contributed by atoms with van der Waals surface area (Å²) in [7, 11) is 0. The molecule has 0 saturated carbocycles. The number of hydrogen-bond donors (Lipinski definition) is 0. The van der Waals surface area contributed by atoms with Gasteiger partial charge < -0.3 is 0 Å². The molecule has 4 bridgehead atoms. The van der Waals surface area contributed by atoms with Crippen molar-refractivity contribution in [1.82, 2.24) is 0 Å². The molecule has 68 valence electrons. The van der Waals surface area contributed by atoms with Crippen LogP contribution in [-0.2, 0) is 0 Å². The van der Waals surface area contributed by atoms with Crippen LogP contribution >= 0.6 is 0 Å². The second-order valence-electron chi connectivity index (χ2n) is 4.60. The first kappa shape index (κ1) is 7.05. The fraction of sp³-hybridized carbons (Fsp3) is 0.286. The van der Waals surface area contributed by atoms with Crippen LogP contribution < -0.4 is 0 Å². The predicted octanol–water partition coefficient (Wildman–Crippen LogP) is 3.24. The van der Waals surface area contributed by atoms with E-state index in [2.05, 4.69) is 48.6 Å². The third-order valence-electron chi connectivity index (χ3n) is 4.05. The van der Waals surface area contributed by atoms with Crippen molar-refractivity contribution in [2.45, 2.75) is 11.8 Å². The Morgan fingerprint density at radius 1 is 0.786 bits per heavy atom. The van der Waals surface area contributed by atoms with Crippen molar-refractivity contribution in [2.75, 3.05) is 0 Å². The van der Waals surface area contributed by atoms with Crippen LogP contribution in [0.3, 0.4) is 0 Å². The molecule has 1 aromatic rings. The molecule has 0 spiro atoms. The zero-order chi connectivity index (χ0) is 9.12. The maximum absolute atomic E-state index is 2.43. The summed E-state index contributed by atoms with van der Waals surface area (Å²) in [5.41, 5.74) is 3.17. The molecule has 0 nitrogen and oxygen atoms in total. The van der Waals surface area contributed by atoms with Crippen molar-refractivity contribution >= 4 is 0 Å². The normalized spacial score (nSPS) is 40.3. The number of allylic oxidation sites excluding steroid dienone is 4. The Morgan fingerprint density at radius 2 is 1.57 bits per heavy atom. The zero-order valence-corrected chi connectivity index (χ0v) is 7.93. The van der Waals surface area contributed by atoms with E-state index in [0.717, 1.165) is 11.8 Å². The smallest absolute Gasteiger partial charge is 0.00900 e. The van der Waals surface area contributed by atoms with E-state index in [4.69, 9.17) is 0 Å². The van der Waals surface area contributed by atoms with Crippen molar-refractivity contribution in [2.24, 2.45) is 11.8 Å². The molecule has 0 N–H and O–H groups in total. The lowest BCUT2D eigenvalue weighted by Crippen LogP contribution is -2.13. The zero-order valence-electron chi connectivity index (χ0n) is 7.93. The Hall–Kier alpha value is -1.30. The van der Waals surface area contributed by atoms with Gasteiger partial charge in [-0.25, -0.2) is 0 Å². The van der Waals surface area contributed by atoms with Gasteiger partial charge in [0.15, 0.2) is 0 Å². The quantitative estimate of drug-likeness (QED) is 0.538. The molecule has 0 heterocycles. The van der Waals surface area contributed by atoms with E-state index in [9.17, 15) is 0 Å². The first-order chi connectivity index (χ1) is 6.95. The molecule has 14 heavy (non-hydrogen) atoms. The van der Waals surface area contributed by atoms with Crippen molar-refractivity contribution in [3.63, 3.8) is 0 Å². The van der Waals surface area contributed by atoms with Gasteiger partial charge in [-0.05, 0) is 17.0 Å². The number of benzene rings is 1. The van der Waals surface area contributed by atoms with E-state index in [1.54, 1.807) is 11.1 Å². The van der Waals surface area contributed by atoms with Gasteiger partial charge in [-0.3, -0.25) is 0 Å². The Balaban J connectivity index is 2.03. The number of rotatable bonds is 0. The average molecular weight is 180 g/mol. The van der Waals surface area contributed by atoms with Crippen molar-refractivity contribution in [1.29, 1.82) is 0 Å². The van der Waals surface area contributed by atoms with E-state index in [1.165, 1.54) is 0 Å². The Bertz CT molecular complexity index is 453. The SMILES string of the molecule is C1=C[C@H]2[C@@H]3c4ccccc4[C@@H]2C=C[C@H]13. The molecule has 3 aliphatic rings. The van der Waals surface area contributed by atoms with Gasteiger partial charge in [0.05, 0.1) is 0 Å². The molecule has 0 saturated heterocycles. The highest BCUT2D eigenvalue weighted by Crippen LogP contribution is 2.57. The lowest BCUT2D eigenvalue weighted by atomic mass is 9.80. The van der Waals surface area contributed by atoms with E-state index in [0.29, 0.717) is 11.8 Å².